The normalized spacial score (nSPS) is 10.5. The summed E-state index contributed by atoms with van der Waals surface area (Å²) in [4.78, 5) is 27.9. The summed E-state index contributed by atoms with van der Waals surface area (Å²) in [5.74, 6) is 1.09. The lowest BCUT2D eigenvalue weighted by molar-refractivity contribution is -0.111. The van der Waals surface area contributed by atoms with Gasteiger partial charge >= 0.3 is 0 Å². The number of carbonyl (C=O) groups excluding carboxylic acids is 1. The van der Waals surface area contributed by atoms with Crippen LogP contribution in [0.15, 0.2) is 66.1 Å². The molecule has 2 aromatic heterocycles. The van der Waals surface area contributed by atoms with Crippen LogP contribution in [-0.2, 0) is 11.8 Å². The molecule has 2 heterocycles. The lowest BCUT2D eigenvalue weighted by Gasteiger charge is -2.17. The van der Waals surface area contributed by atoms with Crippen LogP contribution in [0, 0.1) is 20.8 Å². The molecule has 6 heteroatoms. The Morgan fingerprint density at radius 2 is 1.79 bits per heavy atom. The number of aryl methyl sites for hydroxylation is 4. The Bertz CT molecular complexity index is 1410. The van der Waals surface area contributed by atoms with Gasteiger partial charge in [0.15, 0.2) is 0 Å². The fourth-order valence-corrected chi connectivity index (χ4v) is 3.85. The first-order chi connectivity index (χ1) is 15.3. The number of nitrogens with one attached hydrogen (secondary N) is 2. The molecule has 1 amide bonds. The molecule has 0 unspecified atom stereocenters. The lowest BCUT2D eigenvalue weighted by Crippen LogP contribution is -2.16. The molecule has 0 aliphatic rings. The molecule has 33 heavy (non-hydrogen) atoms. The van der Waals surface area contributed by atoms with Crippen molar-refractivity contribution in [3.8, 4) is 22.6 Å². The molecule has 0 aliphatic carbocycles. The number of anilines is 1. The van der Waals surface area contributed by atoms with Gasteiger partial charge in [-0.15, -0.1) is 0 Å². The number of carbonyl (C=O) groups is 1. The number of amides is 1. The predicted molar refractivity (Wildman–Crippen MR) is 135 cm³/mol. The summed E-state index contributed by atoms with van der Waals surface area (Å²) in [6.07, 6.45) is 3.01. The molecule has 6 nitrogen and oxygen atoms in total. The number of aromatic nitrogens is 2. The average molecular weight is 444 g/mol. The Hall–Kier alpha value is -4.06. The van der Waals surface area contributed by atoms with Gasteiger partial charge in [-0.1, -0.05) is 32.2 Å². The Balaban J connectivity index is 0.00000306. The predicted octanol–water partition coefficient (Wildman–Crippen LogP) is 6.01. The van der Waals surface area contributed by atoms with E-state index < -0.39 is 0 Å². The highest BCUT2D eigenvalue weighted by Gasteiger charge is 2.18. The van der Waals surface area contributed by atoms with Crippen molar-refractivity contribution < 1.29 is 9.53 Å². The monoisotopic (exact) mass is 443 g/mol. The first-order valence-corrected chi connectivity index (χ1v) is 10.3. The highest BCUT2D eigenvalue weighted by molar-refractivity contribution is 6.01. The van der Waals surface area contributed by atoms with Crippen LogP contribution in [0.4, 0.5) is 5.69 Å². The number of benzene rings is 2. The van der Waals surface area contributed by atoms with Gasteiger partial charge in [-0.2, -0.15) is 0 Å². The minimum Gasteiger partial charge on any atom is -0.456 e. The van der Waals surface area contributed by atoms with E-state index in [2.05, 4.69) is 16.9 Å². The van der Waals surface area contributed by atoms with E-state index in [4.69, 9.17) is 4.74 Å². The van der Waals surface area contributed by atoms with Gasteiger partial charge in [0.05, 0.1) is 10.9 Å². The van der Waals surface area contributed by atoms with Gasteiger partial charge in [-0.25, -0.2) is 0 Å². The third-order valence-electron chi connectivity index (χ3n) is 5.44. The third kappa shape index (κ3) is 4.46. The van der Waals surface area contributed by atoms with Crippen molar-refractivity contribution in [2.75, 3.05) is 5.32 Å². The number of hydrogen-bond acceptors (Lipinski definition) is 3. The number of H-pyrrole nitrogens is 1. The van der Waals surface area contributed by atoms with Crippen LogP contribution in [0.25, 0.3) is 22.0 Å². The molecule has 0 spiro atoms. The summed E-state index contributed by atoms with van der Waals surface area (Å²) < 4.78 is 7.96. The van der Waals surface area contributed by atoms with E-state index in [1.807, 2.05) is 57.2 Å². The van der Waals surface area contributed by atoms with Crippen molar-refractivity contribution in [3.05, 3.63) is 88.5 Å². The second-order valence-corrected chi connectivity index (χ2v) is 7.93. The molecule has 170 valence electrons. The molecule has 0 saturated carbocycles. The maximum atomic E-state index is 12.7. The van der Waals surface area contributed by atoms with Crippen molar-refractivity contribution in [2.45, 2.75) is 28.2 Å². The van der Waals surface area contributed by atoms with Crippen LogP contribution < -0.4 is 15.6 Å². The zero-order chi connectivity index (χ0) is 23.0. The summed E-state index contributed by atoms with van der Waals surface area (Å²) in [6.45, 7) is 9.43. The molecule has 0 bridgehead atoms. The minimum atomic E-state index is -0.305. The van der Waals surface area contributed by atoms with Crippen LogP contribution in [0.1, 0.15) is 24.2 Å². The Morgan fingerprint density at radius 1 is 1.09 bits per heavy atom. The maximum absolute atomic E-state index is 12.7. The highest BCUT2D eigenvalue weighted by atomic mass is 16.5. The van der Waals surface area contributed by atoms with Gasteiger partial charge in [0.1, 0.15) is 11.5 Å². The average Bonchev–Trinajstić information content (AvgIpc) is 3.16. The van der Waals surface area contributed by atoms with Crippen molar-refractivity contribution in [1.29, 1.82) is 0 Å². The topological polar surface area (TPSA) is 76.1 Å². The molecule has 2 aromatic carbocycles. The molecule has 0 atom stereocenters. The van der Waals surface area contributed by atoms with Crippen molar-refractivity contribution in [3.63, 3.8) is 0 Å². The van der Waals surface area contributed by atoms with Gasteiger partial charge in [0, 0.05) is 35.8 Å². The fourth-order valence-electron chi connectivity index (χ4n) is 3.85. The number of pyridine rings is 1. The van der Waals surface area contributed by atoms with E-state index in [-0.39, 0.29) is 18.9 Å². The Kier molecular flexibility index (Phi) is 6.58. The summed E-state index contributed by atoms with van der Waals surface area (Å²) in [5.41, 5.74) is 5.71. The second kappa shape index (κ2) is 9.20. The molecule has 0 aliphatic heterocycles. The maximum Gasteiger partial charge on any atom is 0.259 e. The van der Waals surface area contributed by atoms with E-state index in [1.165, 1.54) is 6.08 Å². The number of fused-ring (bicyclic) bond motifs is 1. The van der Waals surface area contributed by atoms with Gasteiger partial charge in [-0.3, -0.25) is 9.59 Å². The molecule has 0 saturated heterocycles. The number of aromatic amines is 1. The Morgan fingerprint density at radius 3 is 2.45 bits per heavy atom. The summed E-state index contributed by atoms with van der Waals surface area (Å²) in [5, 5.41) is 3.40. The standard InChI is InChI=1S/C26H25N3O3.CH4/c1-6-23(30)28-18-10-11-22(32-25-15(2)8-7-9-16(25)3)19(13-18)21-14-29(5)26(31)20-12-17(4)27-24(20)21;/h6-14,27H,1H2,2-5H3,(H,28,30);1H4. The van der Waals surface area contributed by atoms with Crippen LogP contribution in [-0.4, -0.2) is 15.5 Å². The minimum absolute atomic E-state index is 0. The van der Waals surface area contributed by atoms with Crippen LogP contribution >= 0.6 is 0 Å². The van der Waals surface area contributed by atoms with Gasteiger partial charge in [-0.05, 0) is 62.2 Å². The first kappa shape index (κ1) is 23.6. The molecule has 2 N–H and O–H groups in total. The molecular weight excluding hydrogens is 414 g/mol. The summed E-state index contributed by atoms with van der Waals surface area (Å²) >= 11 is 0. The molecular formula is C27H29N3O3. The van der Waals surface area contributed by atoms with Gasteiger partial charge in [0.2, 0.25) is 5.91 Å². The van der Waals surface area contributed by atoms with Crippen molar-refractivity contribution >= 4 is 22.5 Å². The van der Waals surface area contributed by atoms with E-state index in [0.29, 0.717) is 16.8 Å². The van der Waals surface area contributed by atoms with E-state index in [0.717, 1.165) is 39.2 Å². The molecule has 4 rings (SSSR count). The molecule has 4 aromatic rings. The number of ether oxygens (including phenoxy) is 1. The molecule has 0 radical (unpaired) electrons. The smallest absolute Gasteiger partial charge is 0.259 e. The SMILES string of the molecule is C.C=CC(=O)Nc1ccc(Oc2c(C)cccc2C)c(-c2cn(C)c(=O)c3cc(C)[nH]c23)c1. The zero-order valence-electron chi connectivity index (χ0n) is 18.6. The van der Waals surface area contributed by atoms with Crippen molar-refractivity contribution in [1.82, 2.24) is 9.55 Å². The number of rotatable bonds is 5. The van der Waals surface area contributed by atoms with Crippen molar-refractivity contribution in [2.24, 2.45) is 7.05 Å². The van der Waals surface area contributed by atoms with E-state index in [9.17, 15) is 9.59 Å². The number of para-hydroxylation sites is 1. The zero-order valence-corrected chi connectivity index (χ0v) is 18.6. The largest absolute Gasteiger partial charge is 0.456 e. The fraction of sp³-hybridized carbons (Fsp3) is 0.185. The molecule has 0 fully saturated rings. The van der Waals surface area contributed by atoms with Gasteiger partial charge < -0.3 is 19.6 Å². The van der Waals surface area contributed by atoms with Crippen LogP contribution in [0.2, 0.25) is 0 Å². The quantitative estimate of drug-likeness (QED) is 0.371. The summed E-state index contributed by atoms with van der Waals surface area (Å²) in [6, 6.07) is 13.3. The lowest BCUT2D eigenvalue weighted by atomic mass is 10.0. The number of nitrogens with zero attached hydrogens (tertiary/aromatic N) is 1. The van der Waals surface area contributed by atoms with Crippen LogP contribution in [0.3, 0.4) is 0 Å². The second-order valence-electron chi connectivity index (χ2n) is 7.93. The van der Waals surface area contributed by atoms with E-state index >= 15 is 0 Å². The van der Waals surface area contributed by atoms with Gasteiger partial charge in [0.25, 0.3) is 5.56 Å². The summed E-state index contributed by atoms with van der Waals surface area (Å²) in [7, 11) is 1.73. The third-order valence-corrected chi connectivity index (χ3v) is 5.44. The highest BCUT2D eigenvalue weighted by Crippen LogP contribution is 2.39. The van der Waals surface area contributed by atoms with E-state index in [1.54, 1.807) is 23.9 Å². The Labute approximate surface area is 193 Å². The van der Waals surface area contributed by atoms with Crippen LogP contribution in [0.5, 0.6) is 11.5 Å². The number of hydrogen-bond donors (Lipinski definition) is 2. The first-order valence-electron chi connectivity index (χ1n) is 10.3.